The summed E-state index contributed by atoms with van der Waals surface area (Å²) in [6, 6.07) is 0.570. The van der Waals surface area contributed by atoms with Crippen LogP contribution in [0.15, 0.2) is 9.98 Å². The Morgan fingerprint density at radius 2 is 1.90 bits per heavy atom. The van der Waals surface area contributed by atoms with Gasteiger partial charge in [0.25, 0.3) is 0 Å². The van der Waals surface area contributed by atoms with Crippen LogP contribution in [-0.4, -0.2) is 93.1 Å². The summed E-state index contributed by atoms with van der Waals surface area (Å²) in [6.07, 6.45) is 8.44. The Labute approximate surface area is 249 Å². The second kappa shape index (κ2) is 14.6. The van der Waals surface area contributed by atoms with Crippen molar-refractivity contribution in [1.29, 1.82) is 0 Å². The molecule has 1 saturated heterocycles. The van der Waals surface area contributed by atoms with E-state index in [-0.39, 0.29) is 17.7 Å². The molecule has 2 saturated carbocycles. The molecular weight excluding hydrogens is 538 g/mol. The maximum atomic E-state index is 11.3. The molecule has 0 unspecified atom stereocenters. The number of carboxylic acid groups (broad SMARTS) is 1. The smallest absolute Gasteiger partial charge is 0.433 e. The van der Waals surface area contributed by atoms with Crippen molar-refractivity contribution in [1.82, 2.24) is 19.2 Å². The second-order valence-corrected chi connectivity index (χ2v) is 13.9. The molecule has 3 fully saturated rings. The first-order valence-corrected chi connectivity index (χ1v) is 16.1. The summed E-state index contributed by atoms with van der Waals surface area (Å²) in [7, 11) is 0. The third-order valence-electron chi connectivity index (χ3n) is 8.64. The Bertz CT molecular complexity index is 1070. The first kappa shape index (κ1) is 31.5. The van der Waals surface area contributed by atoms with Gasteiger partial charge in [0.15, 0.2) is 23.3 Å². The van der Waals surface area contributed by atoms with Crippen molar-refractivity contribution in [2.24, 2.45) is 27.6 Å². The molecule has 1 aromatic heterocycles. The van der Waals surface area contributed by atoms with Gasteiger partial charge in [-0.05, 0) is 58.1 Å². The van der Waals surface area contributed by atoms with E-state index in [2.05, 4.69) is 68.8 Å². The van der Waals surface area contributed by atoms with Gasteiger partial charge in [0.05, 0.1) is 6.67 Å². The average Bonchev–Trinajstić information content (AvgIpc) is 2.88. The maximum absolute atomic E-state index is 11.3. The molecule has 41 heavy (non-hydrogen) atoms. The van der Waals surface area contributed by atoms with E-state index in [0.717, 1.165) is 38.5 Å². The summed E-state index contributed by atoms with van der Waals surface area (Å²) in [4.78, 5) is 33.4. The Balaban J connectivity index is 1.71. The van der Waals surface area contributed by atoms with Crippen molar-refractivity contribution in [2.75, 3.05) is 43.1 Å². The largest absolute Gasteiger partial charge is 0.463 e. The normalized spacial score (nSPS) is 22.4. The fraction of sp³-hybridized carbons (Fsp3) is 0.759. The van der Waals surface area contributed by atoms with Gasteiger partial charge >= 0.3 is 6.09 Å². The monoisotopic (exact) mass is 587 g/mol. The third kappa shape index (κ3) is 8.54. The third-order valence-corrected chi connectivity index (χ3v) is 9.69. The molecule has 12 heteroatoms. The van der Waals surface area contributed by atoms with E-state index < -0.39 is 6.09 Å². The summed E-state index contributed by atoms with van der Waals surface area (Å²) in [5.41, 5.74) is 6.85. The molecule has 2 aliphatic carbocycles. The van der Waals surface area contributed by atoms with Crippen LogP contribution >= 0.6 is 11.9 Å². The average molecular weight is 588 g/mol. The Hall–Kier alpha value is -2.44. The van der Waals surface area contributed by atoms with Gasteiger partial charge in [-0.15, -0.1) is 0 Å². The molecule has 228 valence electrons. The quantitative estimate of drug-likeness (QED) is 0.170. The highest BCUT2D eigenvalue weighted by atomic mass is 32.2. The lowest BCUT2D eigenvalue weighted by molar-refractivity contribution is 0.132. The van der Waals surface area contributed by atoms with Crippen LogP contribution in [0, 0.1) is 11.8 Å². The summed E-state index contributed by atoms with van der Waals surface area (Å²) in [5.74, 6) is 1.96. The second-order valence-electron chi connectivity index (χ2n) is 12.2. The predicted octanol–water partition coefficient (Wildman–Crippen LogP) is 5.20. The van der Waals surface area contributed by atoms with Crippen LogP contribution in [0.5, 0.6) is 0 Å². The lowest BCUT2D eigenvalue weighted by atomic mass is 9.80. The summed E-state index contributed by atoms with van der Waals surface area (Å²) < 4.78 is 2.49. The fourth-order valence-electron chi connectivity index (χ4n) is 6.17. The summed E-state index contributed by atoms with van der Waals surface area (Å²) in [5, 5.41) is 13.4. The van der Waals surface area contributed by atoms with Crippen LogP contribution in [0.3, 0.4) is 0 Å². The molecule has 1 aliphatic heterocycles. The first-order valence-electron chi connectivity index (χ1n) is 15.3. The lowest BCUT2D eigenvalue weighted by Gasteiger charge is -2.43. The number of amides is 1. The van der Waals surface area contributed by atoms with Crippen molar-refractivity contribution >= 4 is 47.9 Å². The molecule has 0 radical (unpaired) electrons. The Morgan fingerprint density at radius 3 is 2.49 bits per heavy atom. The van der Waals surface area contributed by atoms with Crippen molar-refractivity contribution in [2.45, 2.75) is 96.4 Å². The molecule has 0 spiro atoms. The predicted molar refractivity (Wildman–Crippen MR) is 170 cm³/mol. The first-order chi connectivity index (χ1) is 19.6. The van der Waals surface area contributed by atoms with Gasteiger partial charge in [0, 0.05) is 43.5 Å². The zero-order valence-electron chi connectivity index (χ0n) is 25.3. The van der Waals surface area contributed by atoms with Crippen LogP contribution in [0.2, 0.25) is 0 Å². The van der Waals surface area contributed by atoms with E-state index in [0.29, 0.717) is 34.8 Å². The Kier molecular flexibility index (Phi) is 11.2. The Morgan fingerprint density at radius 1 is 1.17 bits per heavy atom. The molecule has 2 heterocycles. The number of hydrogen-bond acceptors (Lipinski definition) is 9. The number of aliphatic imine (C=N–C) groups is 2. The number of nitrogens with zero attached hydrogens (tertiary/aromatic N) is 7. The van der Waals surface area contributed by atoms with E-state index in [9.17, 15) is 9.90 Å². The zero-order chi connectivity index (χ0) is 29.5. The van der Waals surface area contributed by atoms with Gasteiger partial charge in [-0.2, -0.15) is 4.99 Å². The van der Waals surface area contributed by atoms with Crippen LogP contribution < -0.4 is 16.0 Å². The summed E-state index contributed by atoms with van der Waals surface area (Å²) in [6.45, 7) is 17.4. The van der Waals surface area contributed by atoms with E-state index >= 15 is 0 Å². The summed E-state index contributed by atoms with van der Waals surface area (Å²) >= 11 is 1.93. The van der Waals surface area contributed by atoms with Gasteiger partial charge in [0.1, 0.15) is 5.69 Å². The highest BCUT2D eigenvalue weighted by molar-refractivity contribution is 7.97. The fourth-order valence-corrected chi connectivity index (χ4v) is 7.26. The minimum absolute atomic E-state index is 0.0483. The van der Waals surface area contributed by atoms with Crippen molar-refractivity contribution < 1.29 is 9.90 Å². The molecule has 11 nitrogen and oxygen atoms in total. The number of carbonyl (C=O) groups is 1. The van der Waals surface area contributed by atoms with Crippen LogP contribution in [0.25, 0.3) is 0 Å². The number of nitrogens with one attached hydrogen (secondary N) is 1. The molecule has 2 atom stereocenters. The number of anilines is 2. The molecule has 1 aromatic rings. The van der Waals surface area contributed by atoms with Crippen molar-refractivity contribution in [3.63, 3.8) is 0 Å². The van der Waals surface area contributed by atoms with Gasteiger partial charge in [-0.25, -0.2) is 24.1 Å². The molecule has 3 aliphatic rings. The molecule has 1 amide bonds. The molecule has 4 N–H and O–H groups in total. The van der Waals surface area contributed by atoms with E-state index in [1.165, 1.54) is 51.4 Å². The maximum Gasteiger partial charge on any atom is 0.433 e. The number of rotatable bonds is 12. The minimum atomic E-state index is -1.39. The number of amidine groups is 1. The van der Waals surface area contributed by atoms with Crippen molar-refractivity contribution in [3.05, 3.63) is 5.82 Å². The van der Waals surface area contributed by atoms with E-state index in [4.69, 9.17) is 10.7 Å². The van der Waals surface area contributed by atoms with Crippen molar-refractivity contribution in [3.8, 4) is 0 Å². The SMILES string of the molecule is C=Nc1nc(/C(N)=N/C(=O)O)nc(N[C@H](C)C2CCC2)c1N(CC1CCCCC1)CN1CCN(SC(C)C)C[C@H]1C. The highest BCUT2D eigenvalue weighted by Crippen LogP contribution is 2.39. The number of piperazine rings is 1. The number of hydrogen-bond donors (Lipinski definition) is 3. The van der Waals surface area contributed by atoms with Crippen LogP contribution in [-0.2, 0) is 0 Å². The standard InChI is InChI=1S/C29H49N9O2S/c1-19(2)41-38-15-14-36(20(3)16-38)18-37(17-22-10-7-6-8-11-22)24-26(31-5)34-28(25(30)33-29(39)40)35-27(24)32-21(4)23-12-9-13-23/h19-23H,5-18H2,1-4H3,(H2,30,33)(H,39,40)(H,32,34,35)/t20-,21-/m1/s1. The molecular formula is C29H49N9O2S. The molecule has 0 bridgehead atoms. The van der Waals surface area contributed by atoms with Gasteiger partial charge in [-0.1, -0.05) is 51.5 Å². The number of aromatic nitrogens is 2. The molecule has 0 aromatic carbocycles. The highest BCUT2D eigenvalue weighted by Gasteiger charge is 2.32. The minimum Gasteiger partial charge on any atom is -0.463 e. The van der Waals surface area contributed by atoms with E-state index in [1.807, 2.05) is 11.9 Å². The van der Waals surface area contributed by atoms with E-state index in [1.54, 1.807) is 0 Å². The van der Waals surface area contributed by atoms with Gasteiger partial charge in [0.2, 0.25) is 0 Å². The lowest BCUT2D eigenvalue weighted by Crippen LogP contribution is -2.54. The van der Waals surface area contributed by atoms with Gasteiger partial charge in [-0.3, -0.25) is 4.90 Å². The topological polar surface area (TPSA) is 136 Å². The molecule has 4 rings (SSSR count). The van der Waals surface area contributed by atoms with Gasteiger partial charge < -0.3 is 21.1 Å². The van der Waals surface area contributed by atoms with Crippen LogP contribution in [0.4, 0.5) is 22.1 Å². The van der Waals surface area contributed by atoms with Crippen LogP contribution in [0.1, 0.15) is 84.9 Å². The number of nitrogens with two attached hydrogens (primary N) is 1. The zero-order valence-corrected chi connectivity index (χ0v) is 26.1.